The Balaban J connectivity index is 1.56. The van der Waals surface area contributed by atoms with E-state index < -0.39 is 0 Å². The van der Waals surface area contributed by atoms with Crippen molar-refractivity contribution in [3.63, 3.8) is 0 Å². The highest BCUT2D eigenvalue weighted by Crippen LogP contribution is 2.78. The summed E-state index contributed by atoms with van der Waals surface area (Å²) in [6.07, 6.45) is 3.06. The number of hydrogen-bond donors (Lipinski definition) is 1. The molecule has 4 aliphatic rings. The molecule has 3 heteroatoms. The van der Waals surface area contributed by atoms with Crippen molar-refractivity contribution in [2.24, 2.45) is 23.0 Å². The van der Waals surface area contributed by atoms with Gasteiger partial charge < -0.3 is 5.73 Å². The fourth-order valence-electron chi connectivity index (χ4n) is 5.98. The molecule has 0 spiro atoms. The molecule has 4 aliphatic carbocycles. The zero-order valence-electron chi connectivity index (χ0n) is 13.5. The molecule has 4 saturated carbocycles. The number of nitrogens with two attached hydrogens (primary N) is 1. The van der Waals surface area contributed by atoms with Crippen molar-refractivity contribution in [2.45, 2.75) is 34.8 Å². The van der Waals surface area contributed by atoms with E-state index >= 15 is 0 Å². The fraction of sp³-hybridized carbons (Fsp3) is 0.381. The molecular formula is C21H21NOS. The van der Waals surface area contributed by atoms with E-state index in [9.17, 15) is 4.79 Å². The molecule has 0 saturated heterocycles. The van der Waals surface area contributed by atoms with Gasteiger partial charge in [0.1, 0.15) is 0 Å². The Hall–Kier alpha value is -1.74. The van der Waals surface area contributed by atoms with Gasteiger partial charge in [-0.15, -0.1) is 11.8 Å². The largest absolute Gasteiger partial charge is 0.369 e. The van der Waals surface area contributed by atoms with E-state index in [2.05, 4.69) is 60.7 Å². The van der Waals surface area contributed by atoms with Crippen LogP contribution in [0, 0.1) is 17.3 Å². The lowest BCUT2D eigenvalue weighted by molar-refractivity contribution is -0.128. The van der Waals surface area contributed by atoms with E-state index in [1.54, 1.807) is 0 Å². The average molecular weight is 335 g/mol. The third-order valence-corrected chi connectivity index (χ3v) is 8.34. The van der Waals surface area contributed by atoms with Crippen molar-refractivity contribution >= 4 is 17.7 Å². The highest BCUT2D eigenvalue weighted by molar-refractivity contribution is 8.00. The predicted octanol–water partition coefficient (Wildman–Crippen LogP) is 4.00. The number of carbonyl (C=O) groups is 1. The number of amides is 1. The molecule has 2 aromatic carbocycles. The summed E-state index contributed by atoms with van der Waals surface area (Å²) in [7, 11) is 0. The lowest BCUT2D eigenvalue weighted by atomic mass is 9.74. The molecule has 0 heterocycles. The van der Waals surface area contributed by atoms with E-state index in [4.69, 9.17) is 5.73 Å². The van der Waals surface area contributed by atoms with Gasteiger partial charge in [-0.25, -0.2) is 0 Å². The monoisotopic (exact) mass is 335 g/mol. The minimum Gasteiger partial charge on any atom is -0.369 e. The summed E-state index contributed by atoms with van der Waals surface area (Å²) < 4.78 is 0. The number of benzene rings is 2. The summed E-state index contributed by atoms with van der Waals surface area (Å²) in [4.78, 5) is 13.7. The van der Waals surface area contributed by atoms with Crippen molar-refractivity contribution < 1.29 is 4.79 Å². The molecule has 4 bridgehead atoms. The van der Waals surface area contributed by atoms with Crippen LogP contribution in [0.1, 0.15) is 24.8 Å². The smallest absolute Gasteiger partial charge is 0.224 e. The van der Waals surface area contributed by atoms with E-state index in [0.717, 1.165) is 19.3 Å². The van der Waals surface area contributed by atoms with Gasteiger partial charge >= 0.3 is 0 Å². The number of carbonyl (C=O) groups excluding carboxylic acids is 1. The maximum absolute atomic E-state index is 12.4. The van der Waals surface area contributed by atoms with Crippen LogP contribution in [0.3, 0.4) is 0 Å². The van der Waals surface area contributed by atoms with Gasteiger partial charge in [0.2, 0.25) is 5.91 Å². The SMILES string of the molecule is NC(=O)C12CC3C(Sc4ccccc4)C1CC3(c1ccccc1)C2. The molecule has 4 fully saturated rings. The van der Waals surface area contributed by atoms with Crippen LogP contribution in [0.25, 0.3) is 0 Å². The second-order valence-corrected chi connectivity index (χ2v) is 8.99. The summed E-state index contributed by atoms with van der Waals surface area (Å²) in [5.74, 6) is 0.914. The molecule has 122 valence electrons. The second kappa shape index (κ2) is 4.89. The quantitative estimate of drug-likeness (QED) is 0.918. The van der Waals surface area contributed by atoms with Gasteiger partial charge in [0, 0.05) is 15.6 Å². The Labute approximate surface area is 146 Å². The first-order valence-electron chi connectivity index (χ1n) is 8.73. The highest BCUT2D eigenvalue weighted by atomic mass is 32.2. The highest BCUT2D eigenvalue weighted by Gasteiger charge is 2.77. The number of hydrogen-bond acceptors (Lipinski definition) is 2. The molecule has 1 amide bonds. The summed E-state index contributed by atoms with van der Waals surface area (Å²) in [5.41, 5.74) is 7.23. The van der Waals surface area contributed by atoms with Crippen LogP contribution >= 0.6 is 11.8 Å². The van der Waals surface area contributed by atoms with Crippen LogP contribution in [0.2, 0.25) is 0 Å². The third kappa shape index (κ3) is 1.71. The Morgan fingerprint density at radius 1 is 0.958 bits per heavy atom. The first-order valence-corrected chi connectivity index (χ1v) is 9.61. The van der Waals surface area contributed by atoms with Gasteiger partial charge in [0.25, 0.3) is 0 Å². The molecule has 2 nitrogen and oxygen atoms in total. The second-order valence-electron chi connectivity index (χ2n) is 7.74. The number of rotatable bonds is 4. The Morgan fingerprint density at radius 3 is 2.25 bits per heavy atom. The first-order chi connectivity index (χ1) is 11.7. The van der Waals surface area contributed by atoms with Crippen molar-refractivity contribution in [1.82, 2.24) is 0 Å². The molecule has 2 N–H and O–H groups in total. The van der Waals surface area contributed by atoms with Crippen LogP contribution in [-0.4, -0.2) is 11.2 Å². The Bertz CT molecular complexity index is 792. The summed E-state index contributed by atoms with van der Waals surface area (Å²) >= 11 is 1.97. The van der Waals surface area contributed by atoms with Crippen LogP contribution in [0.5, 0.6) is 0 Å². The standard InChI is InChI=1S/C21H21NOS/c22-19(23)21-12-16-18(24-15-9-5-2-6-10-15)17(21)11-20(16,13-21)14-7-3-1-4-8-14/h1-10,16-18H,11-13H2,(H2,22,23). The summed E-state index contributed by atoms with van der Waals surface area (Å²) in [6, 6.07) is 21.4. The lowest BCUT2D eigenvalue weighted by Gasteiger charge is -2.33. The van der Waals surface area contributed by atoms with Crippen LogP contribution in [0.15, 0.2) is 65.6 Å². The van der Waals surface area contributed by atoms with Crippen molar-refractivity contribution in [2.75, 3.05) is 0 Å². The lowest BCUT2D eigenvalue weighted by Crippen LogP contribution is -2.39. The van der Waals surface area contributed by atoms with Gasteiger partial charge in [-0.05, 0) is 48.8 Å². The zero-order chi connectivity index (χ0) is 16.4. The molecule has 2 aromatic rings. The predicted molar refractivity (Wildman–Crippen MR) is 96.7 cm³/mol. The maximum Gasteiger partial charge on any atom is 0.224 e. The minimum absolute atomic E-state index is 0.0658. The van der Waals surface area contributed by atoms with Gasteiger partial charge in [-0.2, -0.15) is 0 Å². The van der Waals surface area contributed by atoms with E-state index in [1.807, 2.05) is 11.8 Å². The molecule has 0 radical (unpaired) electrons. The summed E-state index contributed by atoms with van der Waals surface area (Å²) in [6.45, 7) is 0. The van der Waals surface area contributed by atoms with Crippen LogP contribution in [0.4, 0.5) is 0 Å². The van der Waals surface area contributed by atoms with Crippen molar-refractivity contribution in [3.8, 4) is 0 Å². The zero-order valence-corrected chi connectivity index (χ0v) is 14.3. The first kappa shape index (κ1) is 14.6. The van der Waals surface area contributed by atoms with Crippen LogP contribution < -0.4 is 5.73 Å². The molecule has 5 unspecified atom stereocenters. The Morgan fingerprint density at radius 2 is 1.62 bits per heavy atom. The number of primary amides is 1. The molecule has 6 rings (SSSR count). The molecule has 5 atom stereocenters. The topological polar surface area (TPSA) is 43.1 Å². The van der Waals surface area contributed by atoms with E-state index in [-0.39, 0.29) is 16.7 Å². The van der Waals surface area contributed by atoms with Gasteiger partial charge in [-0.1, -0.05) is 48.5 Å². The molecule has 0 aliphatic heterocycles. The van der Waals surface area contributed by atoms with Gasteiger partial charge in [0.15, 0.2) is 0 Å². The van der Waals surface area contributed by atoms with Gasteiger partial charge in [-0.3, -0.25) is 4.79 Å². The molecular weight excluding hydrogens is 314 g/mol. The van der Waals surface area contributed by atoms with Crippen molar-refractivity contribution in [3.05, 3.63) is 66.2 Å². The molecule has 0 aromatic heterocycles. The van der Waals surface area contributed by atoms with E-state index in [1.165, 1.54) is 10.5 Å². The Kier molecular flexibility index (Phi) is 2.97. The third-order valence-electron chi connectivity index (χ3n) is 6.87. The van der Waals surface area contributed by atoms with Crippen molar-refractivity contribution in [1.29, 1.82) is 0 Å². The van der Waals surface area contributed by atoms with E-state index in [0.29, 0.717) is 17.1 Å². The number of thioether (sulfide) groups is 1. The van der Waals surface area contributed by atoms with Crippen LogP contribution in [-0.2, 0) is 10.2 Å². The molecule has 24 heavy (non-hydrogen) atoms. The minimum atomic E-state index is -0.271. The van der Waals surface area contributed by atoms with Gasteiger partial charge in [0.05, 0.1) is 5.41 Å². The fourth-order valence-corrected chi connectivity index (χ4v) is 7.65. The summed E-state index contributed by atoms with van der Waals surface area (Å²) in [5, 5.41) is 0.508. The average Bonchev–Trinajstić information content (AvgIpc) is 3.30. The normalized spacial score (nSPS) is 38.8. The maximum atomic E-state index is 12.4.